The van der Waals surface area contributed by atoms with Crippen LogP contribution in [0.2, 0.25) is 5.02 Å². The number of hydrogen-bond donors (Lipinski definition) is 1. The van der Waals surface area contributed by atoms with Gasteiger partial charge in [0.2, 0.25) is 0 Å². The predicted octanol–water partition coefficient (Wildman–Crippen LogP) is 4.19. The standard InChI is InChI=1S/C24H28ClN5O2/c1-2-21(17-3-4-18(13-26)20(25)12-17)29-24(31)30-8-5-19-14-27-23(28-22(19)15-30)11-16-6-9-32-10-7-16/h3-4,12,14,16,21H,2,5-11,15H2,1H3,(H,29,31)/t21-/m1/s1. The Morgan fingerprint density at radius 2 is 2.22 bits per heavy atom. The van der Waals surface area contributed by atoms with E-state index in [9.17, 15) is 4.79 Å². The highest BCUT2D eigenvalue weighted by Gasteiger charge is 2.25. The summed E-state index contributed by atoms with van der Waals surface area (Å²) < 4.78 is 5.45. The van der Waals surface area contributed by atoms with Gasteiger partial charge in [0, 0.05) is 32.4 Å². The van der Waals surface area contributed by atoms with E-state index in [2.05, 4.69) is 16.4 Å². The first-order chi connectivity index (χ1) is 15.6. The van der Waals surface area contributed by atoms with Crippen LogP contribution in [0.4, 0.5) is 4.79 Å². The molecule has 32 heavy (non-hydrogen) atoms. The fraction of sp³-hybridized carbons (Fsp3) is 0.500. The summed E-state index contributed by atoms with van der Waals surface area (Å²) in [5.41, 5.74) is 3.39. The van der Waals surface area contributed by atoms with Gasteiger partial charge in [-0.3, -0.25) is 0 Å². The van der Waals surface area contributed by atoms with Gasteiger partial charge in [-0.05, 0) is 54.9 Å². The van der Waals surface area contributed by atoms with Gasteiger partial charge in [-0.25, -0.2) is 14.8 Å². The van der Waals surface area contributed by atoms with Crippen molar-refractivity contribution in [2.45, 2.75) is 51.6 Å². The molecule has 0 unspecified atom stereocenters. The van der Waals surface area contributed by atoms with Gasteiger partial charge >= 0.3 is 6.03 Å². The predicted molar refractivity (Wildman–Crippen MR) is 121 cm³/mol. The van der Waals surface area contributed by atoms with Crippen molar-refractivity contribution in [2.75, 3.05) is 19.8 Å². The van der Waals surface area contributed by atoms with Crippen LogP contribution in [-0.2, 0) is 24.1 Å². The number of amides is 2. The summed E-state index contributed by atoms with van der Waals surface area (Å²) in [7, 11) is 0. The van der Waals surface area contributed by atoms with Crippen molar-refractivity contribution in [1.82, 2.24) is 20.2 Å². The van der Waals surface area contributed by atoms with Gasteiger partial charge in [-0.15, -0.1) is 0 Å². The third-order valence-electron chi connectivity index (χ3n) is 6.32. The zero-order chi connectivity index (χ0) is 22.5. The summed E-state index contributed by atoms with van der Waals surface area (Å²) in [5, 5.41) is 12.6. The third-order valence-corrected chi connectivity index (χ3v) is 6.63. The number of nitrogens with one attached hydrogen (secondary N) is 1. The number of carbonyl (C=O) groups is 1. The Morgan fingerprint density at radius 1 is 1.41 bits per heavy atom. The molecular weight excluding hydrogens is 426 g/mol. The molecule has 168 valence electrons. The van der Waals surface area contributed by atoms with E-state index in [0.717, 1.165) is 68.0 Å². The van der Waals surface area contributed by atoms with Crippen LogP contribution in [0.15, 0.2) is 24.4 Å². The highest BCUT2D eigenvalue weighted by molar-refractivity contribution is 6.31. The number of hydrogen-bond acceptors (Lipinski definition) is 5. The van der Waals surface area contributed by atoms with Gasteiger partial charge in [-0.2, -0.15) is 5.26 Å². The second-order valence-corrected chi connectivity index (χ2v) is 8.86. The van der Waals surface area contributed by atoms with Crippen LogP contribution < -0.4 is 5.32 Å². The molecule has 0 saturated carbocycles. The van der Waals surface area contributed by atoms with Crippen LogP contribution in [0.25, 0.3) is 0 Å². The summed E-state index contributed by atoms with van der Waals surface area (Å²) >= 11 is 6.19. The smallest absolute Gasteiger partial charge is 0.318 e. The molecule has 1 atom stereocenters. The van der Waals surface area contributed by atoms with E-state index in [1.54, 1.807) is 12.1 Å². The Balaban J connectivity index is 1.41. The molecule has 0 spiro atoms. The fourth-order valence-electron chi connectivity index (χ4n) is 4.33. The van der Waals surface area contributed by atoms with Crippen molar-refractivity contribution in [2.24, 2.45) is 5.92 Å². The Hall–Kier alpha value is -2.69. The molecule has 1 saturated heterocycles. The number of carbonyl (C=O) groups excluding carboxylic acids is 1. The number of fused-ring (bicyclic) bond motifs is 1. The Kier molecular flexibility index (Phi) is 7.23. The topological polar surface area (TPSA) is 91.1 Å². The Bertz CT molecular complexity index is 1020. The maximum Gasteiger partial charge on any atom is 0.318 e. The summed E-state index contributed by atoms with van der Waals surface area (Å²) in [6.45, 7) is 4.75. The van der Waals surface area contributed by atoms with Crippen molar-refractivity contribution in [3.05, 3.63) is 57.6 Å². The van der Waals surface area contributed by atoms with Gasteiger partial charge in [0.25, 0.3) is 0 Å². The van der Waals surface area contributed by atoms with Gasteiger partial charge in [0.05, 0.1) is 28.9 Å². The van der Waals surface area contributed by atoms with Crippen LogP contribution in [0.1, 0.15) is 60.4 Å². The summed E-state index contributed by atoms with van der Waals surface area (Å²) in [4.78, 5) is 24.2. The average molecular weight is 454 g/mol. The molecule has 2 amide bonds. The minimum absolute atomic E-state index is 0.118. The van der Waals surface area contributed by atoms with Crippen LogP contribution >= 0.6 is 11.6 Å². The van der Waals surface area contributed by atoms with E-state index < -0.39 is 0 Å². The van der Waals surface area contributed by atoms with Gasteiger partial charge in [0.15, 0.2) is 0 Å². The molecule has 1 N–H and O–H groups in total. The Labute approximate surface area is 193 Å². The molecule has 2 aromatic rings. The van der Waals surface area contributed by atoms with E-state index in [4.69, 9.17) is 26.6 Å². The zero-order valence-electron chi connectivity index (χ0n) is 18.3. The van der Waals surface area contributed by atoms with E-state index in [1.807, 2.05) is 24.1 Å². The maximum absolute atomic E-state index is 13.0. The molecule has 8 heteroatoms. The van der Waals surface area contributed by atoms with E-state index in [0.29, 0.717) is 29.6 Å². The van der Waals surface area contributed by atoms with Crippen molar-refractivity contribution in [3.8, 4) is 6.07 Å². The first-order valence-electron chi connectivity index (χ1n) is 11.2. The largest absolute Gasteiger partial charge is 0.381 e. The number of rotatable bonds is 5. The highest BCUT2D eigenvalue weighted by atomic mass is 35.5. The summed E-state index contributed by atoms with van der Waals surface area (Å²) in [5.74, 6) is 1.42. The SMILES string of the molecule is CC[C@@H](NC(=O)N1CCc2cnc(CC3CCOCC3)nc2C1)c1ccc(C#N)c(Cl)c1. The van der Waals surface area contributed by atoms with Crippen LogP contribution in [0, 0.1) is 17.2 Å². The van der Waals surface area contributed by atoms with Crippen LogP contribution in [-0.4, -0.2) is 40.7 Å². The lowest BCUT2D eigenvalue weighted by Gasteiger charge is -2.30. The normalized spacial score (nSPS) is 17.3. The number of urea groups is 1. The van der Waals surface area contributed by atoms with Crippen molar-refractivity contribution in [3.63, 3.8) is 0 Å². The average Bonchev–Trinajstić information content (AvgIpc) is 2.82. The first-order valence-corrected chi connectivity index (χ1v) is 11.6. The lowest BCUT2D eigenvalue weighted by Crippen LogP contribution is -2.44. The zero-order valence-corrected chi connectivity index (χ0v) is 19.1. The quantitative estimate of drug-likeness (QED) is 0.732. The number of nitrogens with zero attached hydrogens (tertiary/aromatic N) is 4. The van der Waals surface area contributed by atoms with Crippen molar-refractivity contribution in [1.29, 1.82) is 5.26 Å². The molecule has 7 nitrogen and oxygen atoms in total. The third kappa shape index (κ3) is 5.20. The van der Waals surface area contributed by atoms with Crippen LogP contribution in [0.3, 0.4) is 0 Å². The number of nitriles is 1. The second-order valence-electron chi connectivity index (χ2n) is 8.45. The minimum Gasteiger partial charge on any atom is -0.381 e. The van der Waals surface area contributed by atoms with E-state index >= 15 is 0 Å². The highest BCUT2D eigenvalue weighted by Crippen LogP contribution is 2.25. The lowest BCUT2D eigenvalue weighted by molar-refractivity contribution is 0.0659. The number of benzene rings is 1. The van der Waals surface area contributed by atoms with Gasteiger partial charge in [0.1, 0.15) is 11.9 Å². The summed E-state index contributed by atoms with van der Waals surface area (Å²) in [6.07, 6.45) is 6.36. The van der Waals surface area contributed by atoms with Crippen molar-refractivity contribution >= 4 is 17.6 Å². The van der Waals surface area contributed by atoms with Gasteiger partial charge in [-0.1, -0.05) is 24.6 Å². The molecular formula is C24H28ClN5O2. The lowest BCUT2D eigenvalue weighted by atomic mass is 9.96. The monoisotopic (exact) mass is 453 g/mol. The molecule has 3 heterocycles. The molecule has 0 aliphatic carbocycles. The van der Waals surface area contributed by atoms with E-state index in [1.165, 1.54) is 0 Å². The Morgan fingerprint density at radius 3 is 2.94 bits per heavy atom. The molecule has 1 aromatic carbocycles. The molecule has 1 aromatic heterocycles. The number of halogens is 1. The maximum atomic E-state index is 13.0. The van der Waals surface area contributed by atoms with Crippen molar-refractivity contribution < 1.29 is 9.53 Å². The molecule has 2 aliphatic heterocycles. The minimum atomic E-state index is -0.177. The van der Waals surface area contributed by atoms with Crippen LogP contribution in [0.5, 0.6) is 0 Å². The molecule has 4 rings (SSSR count). The molecule has 2 aliphatic rings. The molecule has 1 fully saturated rings. The molecule has 0 bridgehead atoms. The van der Waals surface area contributed by atoms with Gasteiger partial charge < -0.3 is 15.0 Å². The molecule has 0 radical (unpaired) electrons. The number of ether oxygens (including phenoxy) is 1. The number of aromatic nitrogens is 2. The summed E-state index contributed by atoms with van der Waals surface area (Å²) in [6, 6.07) is 7.07. The first kappa shape index (κ1) is 22.5. The van der Waals surface area contributed by atoms with E-state index in [-0.39, 0.29) is 12.1 Å². The second kappa shape index (κ2) is 10.3. The fourth-order valence-corrected chi connectivity index (χ4v) is 4.56.